The van der Waals surface area contributed by atoms with Gasteiger partial charge in [0, 0.05) is 13.5 Å². The van der Waals surface area contributed by atoms with Crippen LogP contribution in [0.4, 0.5) is 0 Å². The van der Waals surface area contributed by atoms with E-state index in [9.17, 15) is 5.11 Å². The fourth-order valence-corrected chi connectivity index (χ4v) is 3.64. The predicted molar refractivity (Wildman–Crippen MR) is 107 cm³/mol. The quantitative estimate of drug-likeness (QED) is 0.507. The van der Waals surface area contributed by atoms with Gasteiger partial charge in [0.2, 0.25) is 7.59 Å². The fourth-order valence-electron chi connectivity index (χ4n) is 2.30. The van der Waals surface area contributed by atoms with Gasteiger partial charge in [0.05, 0.1) is 13.2 Å². The van der Waals surface area contributed by atoms with Crippen molar-refractivity contribution in [1.82, 2.24) is 0 Å². The molecule has 2 unspecified atom stereocenters. The van der Waals surface area contributed by atoms with Crippen LogP contribution in [0.2, 0.25) is 0 Å². The summed E-state index contributed by atoms with van der Waals surface area (Å²) in [5, 5.41) is 9.72. The lowest BCUT2D eigenvalue weighted by molar-refractivity contribution is -0.148. The molecule has 1 rings (SSSR count). The summed E-state index contributed by atoms with van der Waals surface area (Å²) >= 11 is 36.6. The molecule has 0 aliphatic rings. The van der Waals surface area contributed by atoms with Crippen molar-refractivity contribution >= 4 is 69.6 Å². The summed E-state index contributed by atoms with van der Waals surface area (Å²) in [5.41, 5.74) is -1.91. The van der Waals surface area contributed by atoms with Crippen LogP contribution in [0.25, 0.3) is 0 Å². The number of methoxy groups -OCH3 is 1. The second-order valence-corrected chi connectivity index (χ2v) is 10.2. The third kappa shape index (κ3) is 5.66. The third-order valence-electron chi connectivity index (χ3n) is 4.16. The molecule has 0 radical (unpaired) electrons. The maximum Gasteiger partial charge on any atom is 0.223 e. The largest absolute Gasteiger partial charge is 0.393 e. The Hall–Kier alpha value is 0.840. The number of halogens is 6. The molecule has 0 spiro atoms. The number of alkyl halides is 6. The zero-order chi connectivity index (χ0) is 19.4. The molecule has 0 aliphatic heterocycles. The number of rotatable bonds is 8. The number of hydrogen-bond acceptors (Lipinski definition) is 3. The van der Waals surface area contributed by atoms with Crippen molar-refractivity contribution in [3.05, 3.63) is 35.9 Å². The van der Waals surface area contributed by atoms with Crippen LogP contribution in [0.3, 0.4) is 0 Å². The molecule has 0 saturated heterocycles. The molecule has 0 heterocycles. The van der Waals surface area contributed by atoms with Gasteiger partial charge in [-0.25, -0.2) is 0 Å². The van der Waals surface area contributed by atoms with E-state index in [1.807, 2.05) is 37.3 Å². The summed E-state index contributed by atoms with van der Waals surface area (Å²) in [6.45, 7) is 0.948. The Morgan fingerprint density at radius 1 is 0.920 bits per heavy atom. The first-order valence-electron chi connectivity index (χ1n) is 7.44. The second-order valence-electron chi connectivity index (χ2n) is 5.65. The smallest absolute Gasteiger partial charge is 0.223 e. The minimum absolute atomic E-state index is 0.287. The highest BCUT2D eigenvalue weighted by Crippen LogP contribution is 2.47. The number of aliphatic hydroxyl groups excluding tert-OH is 1. The summed E-state index contributed by atoms with van der Waals surface area (Å²) in [4.78, 5) is 0. The normalized spacial score (nSPS) is 17.8. The van der Waals surface area contributed by atoms with Gasteiger partial charge >= 0.3 is 0 Å². The van der Waals surface area contributed by atoms with Gasteiger partial charge in [-0.3, -0.25) is 0 Å². The van der Waals surface area contributed by atoms with Crippen LogP contribution in [-0.4, -0.2) is 44.2 Å². The third-order valence-corrected chi connectivity index (χ3v) is 6.23. The van der Waals surface area contributed by atoms with Crippen molar-refractivity contribution in [1.29, 1.82) is 0 Å². The van der Waals surface area contributed by atoms with Crippen LogP contribution < -0.4 is 0 Å². The SMILES string of the molecule is CCC(Cc1ccccc1)(OCC(CO)(OC)C(Cl)(Cl)Cl)C(Cl)(Cl)Cl. The van der Waals surface area contributed by atoms with E-state index < -0.39 is 25.4 Å². The van der Waals surface area contributed by atoms with E-state index in [1.54, 1.807) is 0 Å². The number of aliphatic hydroxyl groups is 1. The first-order chi connectivity index (χ1) is 11.5. The number of hydrogen-bond donors (Lipinski definition) is 1. The van der Waals surface area contributed by atoms with Crippen LogP contribution in [0.1, 0.15) is 18.9 Å². The monoisotopic (exact) mass is 470 g/mol. The van der Waals surface area contributed by atoms with E-state index in [4.69, 9.17) is 79.1 Å². The molecule has 0 bridgehead atoms. The summed E-state index contributed by atoms with van der Waals surface area (Å²) in [5.74, 6) is 0. The highest BCUT2D eigenvalue weighted by molar-refractivity contribution is 6.69. The van der Waals surface area contributed by atoms with Crippen LogP contribution >= 0.6 is 69.6 Å². The van der Waals surface area contributed by atoms with Crippen molar-refractivity contribution in [2.75, 3.05) is 20.3 Å². The second kappa shape index (κ2) is 9.36. The van der Waals surface area contributed by atoms with Crippen molar-refractivity contribution in [2.24, 2.45) is 0 Å². The zero-order valence-corrected chi connectivity index (χ0v) is 18.3. The van der Waals surface area contributed by atoms with E-state index in [2.05, 4.69) is 0 Å². The van der Waals surface area contributed by atoms with Crippen molar-refractivity contribution in [3.63, 3.8) is 0 Å². The molecule has 9 heteroatoms. The maximum atomic E-state index is 9.72. The molecule has 2 atom stereocenters. The molecule has 0 saturated carbocycles. The molecule has 144 valence electrons. The topological polar surface area (TPSA) is 38.7 Å². The van der Waals surface area contributed by atoms with Crippen molar-refractivity contribution in [2.45, 2.75) is 38.6 Å². The average molecular weight is 473 g/mol. The molecule has 0 aliphatic carbocycles. The van der Waals surface area contributed by atoms with Crippen LogP contribution in [0, 0.1) is 0 Å². The van der Waals surface area contributed by atoms with Gasteiger partial charge in [-0.15, -0.1) is 0 Å². The minimum Gasteiger partial charge on any atom is -0.393 e. The van der Waals surface area contributed by atoms with E-state index in [-0.39, 0.29) is 6.61 Å². The average Bonchev–Trinajstić information content (AvgIpc) is 2.53. The Morgan fingerprint density at radius 3 is 1.80 bits per heavy atom. The molecule has 0 fully saturated rings. The minimum atomic E-state index is -1.95. The Bertz CT molecular complexity index is 525. The van der Waals surface area contributed by atoms with Crippen LogP contribution in [0.5, 0.6) is 0 Å². The molecule has 25 heavy (non-hydrogen) atoms. The molecule has 0 amide bonds. The van der Waals surface area contributed by atoms with Gasteiger partial charge in [0.25, 0.3) is 0 Å². The summed E-state index contributed by atoms with van der Waals surface area (Å²) in [6.07, 6.45) is 0.676. The molecule has 3 nitrogen and oxygen atoms in total. The summed E-state index contributed by atoms with van der Waals surface area (Å²) in [6, 6.07) is 9.44. The molecule has 1 N–H and O–H groups in total. The fraction of sp³-hybridized carbons (Fsp3) is 0.625. The van der Waals surface area contributed by atoms with E-state index >= 15 is 0 Å². The van der Waals surface area contributed by atoms with Gasteiger partial charge in [-0.1, -0.05) is 107 Å². The van der Waals surface area contributed by atoms with Gasteiger partial charge in [-0.2, -0.15) is 0 Å². The lowest BCUT2D eigenvalue weighted by atomic mass is 9.92. The highest BCUT2D eigenvalue weighted by atomic mass is 35.6. The molecule has 1 aromatic rings. The Morgan fingerprint density at radius 2 is 1.44 bits per heavy atom. The Kier molecular flexibility index (Phi) is 8.94. The van der Waals surface area contributed by atoms with Crippen LogP contribution in [-0.2, 0) is 15.9 Å². The highest BCUT2D eigenvalue weighted by Gasteiger charge is 2.54. The lowest BCUT2D eigenvalue weighted by Crippen LogP contribution is -2.56. The van der Waals surface area contributed by atoms with Crippen LogP contribution in [0.15, 0.2) is 30.3 Å². The predicted octanol–water partition coefficient (Wildman–Crippen LogP) is 5.51. The number of ether oxygens (including phenoxy) is 2. The lowest BCUT2D eigenvalue weighted by Gasteiger charge is -2.43. The van der Waals surface area contributed by atoms with Crippen molar-refractivity contribution in [3.8, 4) is 0 Å². The van der Waals surface area contributed by atoms with E-state index in [0.29, 0.717) is 12.8 Å². The standard InChI is InChI=1S/C16H20Cl6O3/c1-3-13(15(17,18)19,9-12-7-5-4-6-8-12)25-11-14(10-23,24-2)16(20,21)22/h4-8,23H,3,9-11H2,1-2H3. The number of benzene rings is 1. The molecular weight excluding hydrogens is 453 g/mol. The first-order valence-corrected chi connectivity index (χ1v) is 9.71. The van der Waals surface area contributed by atoms with Gasteiger partial charge in [-0.05, 0) is 12.0 Å². The van der Waals surface area contributed by atoms with E-state index in [0.717, 1.165) is 5.56 Å². The molecule has 1 aromatic carbocycles. The summed E-state index contributed by atoms with van der Waals surface area (Å²) in [7, 11) is 1.31. The summed E-state index contributed by atoms with van der Waals surface area (Å²) < 4.78 is 7.53. The zero-order valence-electron chi connectivity index (χ0n) is 13.7. The van der Waals surface area contributed by atoms with Gasteiger partial charge in [0.1, 0.15) is 5.60 Å². The van der Waals surface area contributed by atoms with E-state index in [1.165, 1.54) is 7.11 Å². The maximum absolute atomic E-state index is 9.72. The Balaban J connectivity index is 3.17. The first kappa shape index (κ1) is 23.9. The molecule has 0 aromatic heterocycles. The van der Waals surface area contributed by atoms with Crippen molar-refractivity contribution < 1.29 is 14.6 Å². The van der Waals surface area contributed by atoms with Gasteiger partial charge in [0.15, 0.2) is 5.60 Å². The molecular formula is C16H20Cl6O3. The Labute approximate surface area is 178 Å². The van der Waals surface area contributed by atoms with Gasteiger partial charge < -0.3 is 14.6 Å².